The van der Waals surface area contributed by atoms with Crippen molar-refractivity contribution in [1.82, 2.24) is 10.4 Å². The fourth-order valence-electron chi connectivity index (χ4n) is 2.99. The van der Waals surface area contributed by atoms with E-state index in [1.165, 1.54) is 0 Å². The molecule has 0 radical (unpaired) electrons. The molecule has 0 unspecified atom stereocenters. The van der Waals surface area contributed by atoms with E-state index in [0.717, 1.165) is 15.8 Å². The number of benzene rings is 3. The number of fused-ring (bicyclic) bond motifs is 2. The molecule has 1 aliphatic heterocycles. The lowest BCUT2D eigenvalue weighted by Crippen LogP contribution is -2.50. The van der Waals surface area contributed by atoms with E-state index < -0.39 is 23.8 Å². The zero-order chi connectivity index (χ0) is 19.0. The lowest BCUT2D eigenvalue weighted by atomic mass is 10.1. The molecular weight excluding hydrogens is 344 g/mol. The SMILES string of the molecule is C[C@H](Oc1ccc2ccccc2c1)C(=O)NN1C(=O)c2ccccc2C1=O. The molecule has 0 saturated heterocycles. The van der Waals surface area contributed by atoms with Gasteiger partial charge in [0.25, 0.3) is 17.7 Å². The summed E-state index contributed by atoms with van der Waals surface area (Å²) in [5.74, 6) is -1.17. The summed E-state index contributed by atoms with van der Waals surface area (Å²) in [4.78, 5) is 37.1. The van der Waals surface area contributed by atoms with Crippen molar-refractivity contribution in [3.63, 3.8) is 0 Å². The van der Waals surface area contributed by atoms with Crippen LogP contribution in [0.4, 0.5) is 0 Å². The Labute approximate surface area is 155 Å². The second-order valence-electron chi connectivity index (χ2n) is 6.24. The molecule has 4 rings (SSSR count). The third kappa shape index (κ3) is 3.01. The summed E-state index contributed by atoms with van der Waals surface area (Å²) in [6.45, 7) is 1.56. The van der Waals surface area contributed by atoms with Gasteiger partial charge in [-0.05, 0) is 42.0 Å². The molecule has 6 heteroatoms. The van der Waals surface area contributed by atoms with Gasteiger partial charge in [-0.2, -0.15) is 5.01 Å². The topological polar surface area (TPSA) is 75.7 Å². The maximum absolute atomic E-state index is 12.4. The predicted molar refractivity (Wildman–Crippen MR) is 99.1 cm³/mol. The number of imide groups is 1. The van der Waals surface area contributed by atoms with E-state index in [9.17, 15) is 14.4 Å². The van der Waals surface area contributed by atoms with Gasteiger partial charge in [0.15, 0.2) is 6.10 Å². The van der Waals surface area contributed by atoms with E-state index in [0.29, 0.717) is 5.75 Å². The number of nitrogens with one attached hydrogen (secondary N) is 1. The minimum Gasteiger partial charge on any atom is -0.481 e. The Morgan fingerprint density at radius 2 is 1.48 bits per heavy atom. The highest BCUT2D eigenvalue weighted by Gasteiger charge is 2.37. The first-order valence-electron chi connectivity index (χ1n) is 8.48. The third-order valence-electron chi connectivity index (χ3n) is 4.42. The highest BCUT2D eigenvalue weighted by molar-refractivity contribution is 6.21. The molecule has 1 aliphatic rings. The highest BCUT2D eigenvalue weighted by atomic mass is 16.5. The van der Waals surface area contributed by atoms with E-state index in [4.69, 9.17) is 4.74 Å². The van der Waals surface area contributed by atoms with Gasteiger partial charge < -0.3 is 4.74 Å². The van der Waals surface area contributed by atoms with Gasteiger partial charge in [0, 0.05) is 0 Å². The van der Waals surface area contributed by atoms with E-state index in [1.807, 2.05) is 36.4 Å². The second kappa shape index (κ2) is 6.57. The zero-order valence-electron chi connectivity index (χ0n) is 14.5. The summed E-state index contributed by atoms with van der Waals surface area (Å²) < 4.78 is 5.68. The number of hydrazine groups is 1. The van der Waals surface area contributed by atoms with E-state index in [1.54, 1.807) is 37.3 Å². The second-order valence-corrected chi connectivity index (χ2v) is 6.24. The molecule has 1 heterocycles. The van der Waals surface area contributed by atoms with Crippen LogP contribution in [0.5, 0.6) is 5.75 Å². The number of carbonyl (C=O) groups excluding carboxylic acids is 3. The molecule has 134 valence electrons. The van der Waals surface area contributed by atoms with Crippen LogP contribution in [0.2, 0.25) is 0 Å². The van der Waals surface area contributed by atoms with Crippen LogP contribution in [-0.4, -0.2) is 28.8 Å². The summed E-state index contributed by atoms with van der Waals surface area (Å²) in [5.41, 5.74) is 2.89. The fraction of sp³-hybridized carbons (Fsp3) is 0.0952. The standard InChI is InChI=1S/C21H16N2O4/c1-13(27-16-11-10-14-6-2-3-7-15(14)12-16)19(24)22-23-20(25)17-8-4-5-9-18(17)21(23)26/h2-13H,1H3,(H,22,24)/t13-/m0/s1. The van der Waals surface area contributed by atoms with Crippen LogP contribution in [0.1, 0.15) is 27.6 Å². The molecule has 0 aromatic heterocycles. The molecule has 3 aromatic carbocycles. The minimum atomic E-state index is -0.893. The summed E-state index contributed by atoms with van der Waals surface area (Å²) in [6.07, 6.45) is -0.893. The third-order valence-corrected chi connectivity index (χ3v) is 4.42. The van der Waals surface area contributed by atoms with Crippen molar-refractivity contribution in [2.75, 3.05) is 0 Å². The highest BCUT2D eigenvalue weighted by Crippen LogP contribution is 2.23. The van der Waals surface area contributed by atoms with E-state index >= 15 is 0 Å². The fourth-order valence-corrected chi connectivity index (χ4v) is 2.99. The number of rotatable bonds is 4. The Balaban J connectivity index is 1.46. The summed E-state index contributed by atoms with van der Waals surface area (Å²) in [6, 6.07) is 19.7. The van der Waals surface area contributed by atoms with Crippen molar-refractivity contribution in [3.8, 4) is 5.75 Å². The summed E-state index contributed by atoms with van der Waals surface area (Å²) in [5, 5.41) is 2.78. The normalized spacial score (nSPS) is 14.2. The van der Waals surface area contributed by atoms with Crippen molar-refractivity contribution in [2.24, 2.45) is 0 Å². The number of amides is 3. The Kier molecular flexibility index (Phi) is 4.08. The predicted octanol–water partition coefficient (Wildman–Crippen LogP) is 2.93. The molecule has 0 bridgehead atoms. The van der Waals surface area contributed by atoms with Gasteiger partial charge in [0.05, 0.1) is 11.1 Å². The Bertz CT molecular complexity index is 1040. The molecule has 1 atom stereocenters. The molecule has 3 amide bonds. The summed E-state index contributed by atoms with van der Waals surface area (Å²) >= 11 is 0. The van der Waals surface area contributed by atoms with Crippen molar-refractivity contribution in [2.45, 2.75) is 13.0 Å². The van der Waals surface area contributed by atoms with Crippen LogP contribution in [0, 0.1) is 0 Å². The van der Waals surface area contributed by atoms with E-state index in [-0.39, 0.29) is 11.1 Å². The first-order valence-corrected chi connectivity index (χ1v) is 8.48. The molecule has 0 spiro atoms. The van der Waals surface area contributed by atoms with E-state index in [2.05, 4.69) is 5.43 Å². The molecule has 0 saturated carbocycles. The molecule has 0 aliphatic carbocycles. The lowest BCUT2D eigenvalue weighted by molar-refractivity contribution is -0.130. The van der Waals surface area contributed by atoms with Gasteiger partial charge in [-0.15, -0.1) is 0 Å². The maximum Gasteiger partial charge on any atom is 0.280 e. The monoisotopic (exact) mass is 360 g/mol. The average Bonchev–Trinajstić information content (AvgIpc) is 2.93. The van der Waals surface area contributed by atoms with Gasteiger partial charge >= 0.3 is 0 Å². The van der Waals surface area contributed by atoms with Gasteiger partial charge in [-0.3, -0.25) is 19.8 Å². The van der Waals surface area contributed by atoms with Crippen molar-refractivity contribution in [3.05, 3.63) is 77.9 Å². The van der Waals surface area contributed by atoms with Crippen LogP contribution < -0.4 is 10.2 Å². The lowest BCUT2D eigenvalue weighted by Gasteiger charge is -2.19. The van der Waals surface area contributed by atoms with Gasteiger partial charge in [0.1, 0.15) is 5.75 Å². The number of hydrogen-bond donors (Lipinski definition) is 1. The van der Waals surface area contributed by atoms with Crippen LogP contribution in [0.25, 0.3) is 10.8 Å². The Morgan fingerprint density at radius 3 is 2.15 bits per heavy atom. The smallest absolute Gasteiger partial charge is 0.280 e. The molecular formula is C21H16N2O4. The number of hydrogen-bond acceptors (Lipinski definition) is 4. The van der Waals surface area contributed by atoms with Crippen LogP contribution in [0.3, 0.4) is 0 Å². The number of ether oxygens (including phenoxy) is 1. The van der Waals surface area contributed by atoms with Gasteiger partial charge in [0.2, 0.25) is 0 Å². The first-order chi connectivity index (χ1) is 13.0. The maximum atomic E-state index is 12.4. The molecule has 6 nitrogen and oxygen atoms in total. The van der Waals surface area contributed by atoms with Crippen molar-refractivity contribution < 1.29 is 19.1 Å². The van der Waals surface area contributed by atoms with Gasteiger partial charge in [-0.25, -0.2) is 0 Å². The number of carbonyl (C=O) groups is 3. The van der Waals surface area contributed by atoms with Crippen LogP contribution in [-0.2, 0) is 4.79 Å². The Morgan fingerprint density at radius 1 is 0.889 bits per heavy atom. The molecule has 3 aromatic rings. The van der Waals surface area contributed by atoms with Crippen molar-refractivity contribution >= 4 is 28.5 Å². The molecule has 27 heavy (non-hydrogen) atoms. The zero-order valence-corrected chi connectivity index (χ0v) is 14.5. The largest absolute Gasteiger partial charge is 0.481 e. The van der Waals surface area contributed by atoms with Crippen molar-refractivity contribution in [1.29, 1.82) is 0 Å². The quantitative estimate of drug-likeness (QED) is 0.726. The first kappa shape index (κ1) is 16.8. The number of nitrogens with zero attached hydrogens (tertiary/aromatic N) is 1. The summed E-state index contributed by atoms with van der Waals surface area (Å²) in [7, 11) is 0. The van der Waals surface area contributed by atoms with Crippen LogP contribution in [0.15, 0.2) is 66.7 Å². The minimum absolute atomic E-state index is 0.269. The molecule has 0 fully saturated rings. The average molecular weight is 360 g/mol. The van der Waals surface area contributed by atoms with Crippen LogP contribution >= 0.6 is 0 Å². The Hall–Kier alpha value is -3.67. The van der Waals surface area contributed by atoms with Gasteiger partial charge in [-0.1, -0.05) is 42.5 Å². The molecule has 1 N–H and O–H groups in total.